The van der Waals surface area contributed by atoms with Gasteiger partial charge in [-0.05, 0) is 37.4 Å². The van der Waals surface area contributed by atoms with Gasteiger partial charge < -0.3 is 9.73 Å². The third kappa shape index (κ3) is 3.34. The van der Waals surface area contributed by atoms with Crippen LogP contribution in [0.5, 0.6) is 0 Å². The summed E-state index contributed by atoms with van der Waals surface area (Å²) in [4.78, 5) is 12.7. The molecule has 2 aromatic rings. The van der Waals surface area contributed by atoms with Crippen molar-refractivity contribution in [3.8, 4) is 0 Å². The summed E-state index contributed by atoms with van der Waals surface area (Å²) in [6.07, 6.45) is 3.36. The van der Waals surface area contributed by atoms with Crippen LogP contribution in [0.15, 0.2) is 34.1 Å². The molecule has 0 fully saturated rings. The van der Waals surface area contributed by atoms with Gasteiger partial charge in [-0.25, -0.2) is 0 Å². The van der Waals surface area contributed by atoms with Crippen LogP contribution < -0.4 is 5.32 Å². The first-order valence-corrected chi connectivity index (χ1v) is 6.58. The number of nitrogens with one attached hydrogen (secondary N) is 1. The summed E-state index contributed by atoms with van der Waals surface area (Å²) in [6, 6.07) is 5.87. The fraction of sp³-hybridized carbons (Fsp3) is 0.214. The molecule has 2 heterocycles. The van der Waals surface area contributed by atoms with Crippen molar-refractivity contribution < 1.29 is 9.21 Å². The molecule has 2 aromatic heterocycles. The zero-order chi connectivity index (χ0) is 13.0. The average molecular weight is 261 g/mol. The van der Waals surface area contributed by atoms with E-state index >= 15 is 0 Å². The van der Waals surface area contributed by atoms with E-state index in [-0.39, 0.29) is 5.91 Å². The molecule has 4 heteroatoms. The van der Waals surface area contributed by atoms with Crippen molar-refractivity contribution >= 4 is 23.3 Å². The van der Waals surface area contributed by atoms with Crippen molar-refractivity contribution in [1.82, 2.24) is 5.32 Å². The SMILES string of the molecule is Cc1cc(CNC(=O)/C=C/c2cccs2)c(C)o1. The topological polar surface area (TPSA) is 42.2 Å². The monoisotopic (exact) mass is 261 g/mol. The van der Waals surface area contributed by atoms with Crippen LogP contribution in [0.1, 0.15) is 22.0 Å². The van der Waals surface area contributed by atoms with Crippen LogP contribution in [-0.2, 0) is 11.3 Å². The van der Waals surface area contributed by atoms with Crippen LogP contribution in [0.25, 0.3) is 6.08 Å². The average Bonchev–Trinajstić information content (AvgIpc) is 2.94. The van der Waals surface area contributed by atoms with Crippen molar-refractivity contribution in [2.24, 2.45) is 0 Å². The van der Waals surface area contributed by atoms with Crippen LogP contribution in [-0.4, -0.2) is 5.91 Å². The Morgan fingerprint density at radius 3 is 2.94 bits per heavy atom. The molecular formula is C14H15NO2S. The lowest BCUT2D eigenvalue weighted by Gasteiger charge is -1.99. The second kappa shape index (κ2) is 5.69. The third-order valence-electron chi connectivity index (χ3n) is 2.54. The highest BCUT2D eigenvalue weighted by atomic mass is 32.1. The Labute approximate surface area is 110 Å². The van der Waals surface area contributed by atoms with E-state index in [0.29, 0.717) is 6.54 Å². The number of thiophene rings is 1. The standard InChI is InChI=1S/C14H15NO2S/c1-10-8-12(11(2)17-10)9-15-14(16)6-5-13-4-3-7-18-13/h3-8H,9H2,1-2H3,(H,15,16)/b6-5+. The van der Waals surface area contributed by atoms with E-state index in [1.165, 1.54) is 0 Å². The Bertz CT molecular complexity index is 552. The lowest BCUT2D eigenvalue weighted by atomic mass is 10.2. The van der Waals surface area contributed by atoms with Gasteiger partial charge in [0.05, 0.1) is 0 Å². The van der Waals surface area contributed by atoms with Crippen molar-refractivity contribution in [3.05, 3.63) is 51.6 Å². The van der Waals surface area contributed by atoms with E-state index < -0.39 is 0 Å². The molecule has 0 atom stereocenters. The number of carbonyl (C=O) groups excluding carboxylic acids is 1. The van der Waals surface area contributed by atoms with E-state index in [2.05, 4.69) is 5.32 Å². The summed E-state index contributed by atoms with van der Waals surface area (Å²) in [5.41, 5.74) is 1.02. The molecule has 1 N–H and O–H groups in total. The zero-order valence-corrected chi connectivity index (χ0v) is 11.2. The van der Waals surface area contributed by atoms with Gasteiger partial charge in [0.15, 0.2) is 0 Å². The second-order valence-corrected chi connectivity index (χ2v) is 4.98. The van der Waals surface area contributed by atoms with Crippen LogP contribution in [0.2, 0.25) is 0 Å². The molecule has 1 amide bonds. The molecule has 18 heavy (non-hydrogen) atoms. The molecule has 2 rings (SSSR count). The van der Waals surface area contributed by atoms with Gasteiger partial charge in [-0.3, -0.25) is 4.79 Å². The number of carbonyl (C=O) groups is 1. The van der Waals surface area contributed by atoms with Gasteiger partial charge in [0.2, 0.25) is 5.91 Å². The normalized spacial score (nSPS) is 11.0. The van der Waals surface area contributed by atoms with Gasteiger partial charge in [-0.15, -0.1) is 11.3 Å². The number of amides is 1. The number of hydrogen-bond donors (Lipinski definition) is 1. The molecule has 0 aliphatic rings. The van der Waals surface area contributed by atoms with E-state index in [9.17, 15) is 4.79 Å². The Hall–Kier alpha value is -1.81. The Kier molecular flexibility index (Phi) is 3.99. The second-order valence-electron chi connectivity index (χ2n) is 4.01. The summed E-state index contributed by atoms with van der Waals surface area (Å²) >= 11 is 1.60. The molecule has 0 aliphatic carbocycles. The lowest BCUT2D eigenvalue weighted by Crippen LogP contribution is -2.20. The van der Waals surface area contributed by atoms with Gasteiger partial charge in [-0.2, -0.15) is 0 Å². The number of rotatable bonds is 4. The number of hydrogen-bond acceptors (Lipinski definition) is 3. The van der Waals surface area contributed by atoms with E-state index in [1.54, 1.807) is 17.4 Å². The van der Waals surface area contributed by atoms with Crippen molar-refractivity contribution in [3.63, 3.8) is 0 Å². The fourth-order valence-corrected chi connectivity index (χ4v) is 2.26. The van der Waals surface area contributed by atoms with E-state index in [0.717, 1.165) is 22.0 Å². The Balaban J connectivity index is 1.87. The Morgan fingerprint density at radius 2 is 2.33 bits per heavy atom. The highest BCUT2D eigenvalue weighted by Crippen LogP contribution is 2.13. The van der Waals surface area contributed by atoms with Crippen LogP contribution >= 0.6 is 11.3 Å². The molecule has 94 valence electrons. The summed E-state index contributed by atoms with van der Waals surface area (Å²) in [5.74, 6) is 1.63. The maximum Gasteiger partial charge on any atom is 0.244 e. The predicted molar refractivity (Wildman–Crippen MR) is 73.4 cm³/mol. The van der Waals surface area contributed by atoms with Crippen molar-refractivity contribution in [1.29, 1.82) is 0 Å². The smallest absolute Gasteiger partial charge is 0.244 e. The minimum absolute atomic E-state index is 0.0957. The molecular weight excluding hydrogens is 246 g/mol. The van der Waals surface area contributed by atoms with Crippen LogP contribution in [0, 0.1) is 13.8 Å². The summed E-state index contributed by atoms with van der Waals surface area (Å²) in [5, 5.41) is 4.82. The van der Waals surface area contributed by atoms with Gasteiger partial charge in [-0.1, -0.05) is 6.07 Å². The summed E-state index contributed by atoms with van der Waals surface area (Å²) in [7, 11) is 0. The third-order valence-corrected chi connectivity index (χ3v) is 3.38. The van der Waals surface area contributed by atoms with Gasteiger partial charge in [0.25, 0.3) is 0 Å². The van der Waals surface area contributed by atoms with Gasteiger partial charge >= 0.3 is 0 Å². The molecule has 0 bridgehead atoms. The first-order valence-electron chi connectivity index (χ1n) is 5.70. The van der Waals surface area contributed by atoms with Gasteiger partial charge in [0, 0.05) is 23.1 Å². The largest absolute Gasteiger partial charge is 0.466 e. The van der Waals surface area contributed by atoms with Crippen LogP contribution in [0.3, 0.4) is 0 Å². The highest BCUT2D eigenvalue weighted by Gasteiger charge is 2.05. The highest BCUT2D eigenvalue weighted by molar-refractivity contribution is 7.10. The maximum absolute atomic E-state index is 11.6. The van der Waals surface area contributed by atoms with E-state index in [1.807, 2.05) is 43.5 Å². The molecule has 0 unspecified atom stereocenters. The minimum atomic E-state index is -0.0957. The quantitative estimate of drug-likeness (QED) is 0.858. The molecule has 0 saturated carbocycles. The Morgan fingerprint density at radius 1 is 1.50 bits per heavy atom. The lowest BCUT2D eigenvalue weighted by molar-refractivity contribution is -0.116. The summed E-state index contributed by atoms with van der Waals surface area (Å²) < 4.78 is 5.40. The zero-order valence-electron chi connectivity index (χ0n) is 10.4. The minimum Gasteiger partial charge on any atom is -0.466 e. The van der Waals surface area contributed by atoms with Gasteiger partial charge in [0.1, 0.15) is 11.5 Å². The fourth-order valence-electron chi connectivity index (χ4n) is 1.64. The van der Waals surface area contributed by atoms with Crippen molar-refractivity contribution in [2.45, 2.75) is 20.4 Å². The molecule has 0 aliphatic heterocycles. The molecule has 3 nitrogen and oxygen atoms in total. The van der Waals surface area contributed by atoms with Crippen molar-refractivity contribution in [2.75, 3.05) is 0 Å². The first kappa shape index (κ1) is 12.6. The van der Waals surface area contributed by atoms with Crippen LogP contribution in [0.4, 0.5) is 0 Å². The number of aryl methyl sites for hydroxylation is 2. The predicted octanol–water partition coefficient (Wildman–Crippen LogP) is 3.29. The van der Waals surface area contributed by atoms with E-state index in [4.69, 9.17) is 4.42 Å². The molecule has 0 aromatic carbocycles. The maximum atomic E-state index is 11.6. The molecule has 0 spiro atoms. The summed E-state index contributed by atoms with van der Waals surface area (Å²) in [6.45, 7) is 4.29. The molecule has 0 radical (unpaired) electrons. The first-order chi connectivity index (χ1) is 8.65. The molecule has 0 saturated heterocycles. The number of furan rings is 1.